The molecule has 1 aromatic rings. The van der Waals surface area contributed by atoms with E-state index in [4.69, 9.17) is 10.2 Å². The topological polar surface area (TPSA) is 94.8 Å². The molecule has 0 aliphatic rings. The molecule has 0 fully saturated rings. The van der Waals surface area contributed by atoms with E-state index < -0.39 is 17.4 Å². The molecule has 98 valence electrons. The molecular formula is C13H16O5. The van der Waals surface area contributed by atoms with Crippen molar-refractivity contribution in [2.24, 2.45) is 5.41 Å². The SMILES string of the molecule is CC(C)(CO)Cc1cc(C(=O)O)ccc1C(=O)O. The highest BCUT2D eigenvalue weighted by Gasteiger charge is 2.22. The summed E-state index contributed by atoms with van der Waals surface area (Å²) in [4.78, 5) is 21.9. The Hall–Kier alpha value is -1.88. The second kappa shape index (κ2) is 5.18. The molecule has 0 spiro atoms. The fourth-order valence-corrected chi connectivity index (χ4v) is 1.65. The lowest BCUT2D eigenvalue weighted by Crippen LogP contribution is -2.21. The Morgan fingerprint density at radius 1 is 1.17 bits per heavy atom. The fraction of sp³-hybridized carbons (Fsp3) is 0.385. The first-order valence-corrected chi connectivity index (χ1v) is 5.47. The molecule has 5 heteroatoms. The van der Waals surface area contributed by atoms with Gasteiger partial charge in [-0.15, -0.1) is 0 Å². The molecule has 0 bridgehead atoms. The highest BCUT2D eigenvalue weighted by atomic mass is 16.4. The molecule has 1 aromatic carbocycles. The van der Waals surface area contributed by atoms with E-state index in [1.165, 1.54) is 18.2 Å². The zero-order valence-electron chi connectivity index (χ0n) is 10.3. The molecule has 5 nitrogen and oxygen atoms in total. The standard InChI is InChI=1S/C13H16O5/c1-13(2,7-14)6-9-5-8(11(15)16)3-4-10(9)12(17)18/h3-5,14H,6-7H2,1-2H3,(H,15,16)(H,17,18). The van der Waals surface area contributed by atoms with Crippen molar-refractivity contribution in [2.45, 2.75) is 20.3 Å². The van der Waals surface area contributed by atoms with Crippen LogP contribution in [0.15, 0.2) is 18.2 Å². The number of hydrogen-bond acceptors (Lipinski definition) is 3. The van der Waals surface area contributed by atoms with Gasteiger partial charge in [-0.2, -0.15) is 0 Å². The van der Waals surface area contributed by atoms with E-state index in [1.54, 1.807) is 13.8 Å². The number of aliphatic hydroxyl groups is 1. The molecule has 18 heavy (non-hydrogen) atoms. The highest BCUT2D eigenvalue weighted by Crippen LogP contribution is 2.24. The van der Waals surface area contributed by atoms with E-state index in [9.17, 15) is 14.7 Å². The summed E-state index contributed by atoms with van der Waals surface area (Å²) in [6.07, 6.45) is 0.298. The van der Waals surface area contributed by atoms with Crippen LogP contribution < -0.4 is 0 Å². The van der Waals surface area contributed by atoms with E-state index in [0.29, 0.717) is 12.0 Å². The second-order valence-corrected chi connectivity index (χ2v) is 4.98. The molecule has 0 amide bonds. The van der Waals surface area contributed by atoms with Gasteiger partial charge >= 0.3 is 11.9 Å². The number of aliphatic hydroxyl groups excluding tert-OH is 1. The number of carboxylic acids is 2. The maximum Gasteiger partial charge on any atom is 0.335 e. The van der Waals surface area contributed by atoms with Crippen LogP contribution in [0.2, 0.25) is 0 Å². The predicted octanol–water partition coefficient (Wildman–Crippen LogP) is 1.64. The summed E-state index contributed by atoms with van der Waals surface area (Å²) in [5.41, 5.74) is 0.0353. The van der Waals surface area contributed by atoms with Gasteiger partial charge in [0.2, 0.25) is 0 Å². The molecule has 0 radical (unpaired) electrons. The van der Waals surface area contributed by atoms with Crippen molar-refractivity contribution in [3.8, 4) is 0 Å². The molecule has 3 N–H and O–H groups in total. The molecule has 0 heterocycles. The number of carbonyl (C=O) groups is 2. The minimum Gasteiger partial charge on any atom is -0.478 e. The highest BCUT2D eigenvalue weighted by molar-refractivity contribution is 5.93. The van der Waals surface area contributed by atoms with Gasteiger partial charge in [-0.05, 0) is 35.6 Å². The molecule has 0 atom stereocenters. The average molecular weight is 252 g/mol. The largest absolute Gasteiger partial charge is 0.478 e. The van der Waals surface area contributed by atoms with E-state index in [0.717, 1.165) is 0 Å². The quantitative estimate of drug-likeness (QED) is 0.740. The van der Waals surface area contributed by atoms with Gasteiger partial charge in [0.05, 0.1) is 11.1 Å². The maximum absolute atomic E-state index is 11.1. The van der Waals surface area contributed by atoms with E-state index in [1.807, 2.05) is 0 Å². The molecule has 0 saturated carbocycles. The van der Waals surface area contributed by atoms with Crippen molar-refractivity contribution in [1.82, 2.24) is 0 Å². The number of aromatic carboxylic acids is 2. The summed E-state index contributed by atoms with van der Waals surface area (Å²) in [5, 5.41) is 27.2. The predicted molar refractivity (Wildman–Crippen MR) is 64.9 cm³/mol. The van der Waals surface area contributed by atoms with Crippen LogP contribution in [0.4, 0.5) is 0 Å². The van der Waals surface area contributed by atoms with Crippen LogP contribution >= 0.6 is 0 Å². The van der Waals surface area contributed by atoms with Crippen LogP contribution in [-0.4, -0.2) is 33.9 Å². The summed E-state index contributed by atoms with van der Waals surface area (Å²) in [6, 6.07) is 3.90. The zero-order chi connectivity index (χ0) is 13.9. The van der Waals surface area contributed by atoms with Crippen LogP contribution in [0.1, 0.15) is 40.1 Å². The molecule has 0 saturated heterocycles. The fourth-order valence-electron chi connectivity index (χ4n) is 1.65. The maximum atomic E-state index is 11.1. The molecule has 1 rings (SSSR count). The van der Waals surface area contributed by atoms with Gasteiger partial charge in [0, 0.05) is 6.61 Å². The number of rotatable bonds is 5. The Balaban J connectivity index is 3.24. The van der Waals surface area contributed by atoms with Gasteiger partial charge < -0.3 is 15.3 Å². The lowest BCUT2D eigenvalue weighted by atomic mass is 9.84. The van der Waals surface area contributed by atoms with Gasteiger partial charge in [0.1, 0.15) is 0 Å². The molecule has 0 aliphatic heterocycles. The normalized spacial score (nSPS) is 11.3. The second-order valence-electron chi connectivity index (χ2n) is 4.98. The third-order valence-electron chi connectivity index (χ3n) is 2.68. The smallest absolute Gasteiger partial charge is 0.335 e. The average Bonchev–Trinajstić information content (AvgIpc) is 2.28. The Morgan fingerprint density at radius 3 is 2.22 bits per heavy atom. The van der Waals surface area contributed by atoms with E-state index in [-0.39, 0.29) is 17.7 Å². The minimum absolute atomic E-state index is 0.0451. The van der Waals surface area contributed by atoms with Gasteiger partial charge in [0.15, 0.2) is 0 Å². The third-order valence-corrected chi connectivity index (χ3v) is 2.68. The van der Waals surface area contributed by atoms with Crippen LogP contribution in [0, 0.1) is 5.41 Å². The zero-order valence-corrected chi connectivity index (χ0v) is 10.3. The summed E-state index contributed by atoms with van der Waals surface area (Å²) < 4.78 is 0. The van der Waals surface area contributed by atoms with Gasteiger partial charge in [-0.1, -0.05) is 13.8 Å². The van der Waals surface area contributed by atoms with Crippen LogP contribution in [0.25, 0.3) is 0 Å². The third kappa shape index (κ3) is 3.30. The van der Waals surface area contributed by atoms with Crippen LogP contribution in [0.3, 0.4) is 0 Å². The van der Waals surface area contributed by atoms with Crippen molar-refractivity contribution >= 4 is 11.9 Å². The van der Waals surface area contributed by atoms with Crippen LogP contribution in [-0.2, 0) is 6.42 Å². The number of carboxylic acid groups (broad SMARTS) is 2. The first-order valence-electron chi connectivity index (χ1n) is 5.47. The van der Waals surface area contributed by atoms with Crippen molar-refractivity contribution in [2.75, 3.05) is 6.61 Å². The van der Waals surface area contributed by atoms with Crippen molar-refractivity contribution < 1.29 is 24.9 Å². The molecular weight excluding hydrogens is 236 g/mol. The summed E-state index contributed by atoms with van der Waals surface area (Å²) in [5.74, 6) is -2.20. The summed E-state index contributed by atoms with van der Waals surface area (Å²) >= 11 is 0. The van der Waals surface area contributed by atoms with Gasteiger partial charge in [0.25, 0.3) is 0 Å². The monoisotopic (exact) mass is 252 g/mol. The number of benzene rings is 1. The molecule has 0 unspecified atom stereocenters. The first kappa shape index (κ1) is 14.2. The number of hydrogen-bond donors (Lipinski definition) is 3. The summed E-state index contributed by atoms with van der Waals surface area (Å²) in [6.45, 7) is 3.46. The molecule has 0 aromatic heterocycles. The Bertz CT molecular complexity index is 476. The Morgan fingerprint density at radius 2 is 1.78 bits per heavy atom. The lowest BCUT2D eigenvalue weighted by molar-refractivity contribution is 0.0679. The Kier molecular flexibility index (Phi) is 4.08. The van der Waals surface area contributed by atoms with Crippen molar-refractivity contribution in [3.05, 3.63) is 34.9 Å². The van der Waals surface area contributed by atoms with E-state index in [2.05, 4.69) is 0 Å². The van der Waals surface area contributed by atoms with Gasteiger partial charge in [-0.25, -0.2) is 9.59 Å². The lowest BCUT2D eigenvalue weighted by Gasteiger charge is -2.22. The first-order chi connectivity index (χ1) is 8.26. The van der Waals surface area contributed by atoms with Crippen molar-refractivity contribution in [1.29, 1.82) is 0 Å². The van der Waals surface area contributed by atoms with E-state index >= 15 is 0 Å². The summed E-state index contributed by atoms with van der Waals surface area (Å²) in [7, 11) is 0. The van der Waals surface area contributed by atoms with Gasteiger partial charge in [-0.3, -0.25) is 0 Å². The molecule has 0 aliphatic carbocycles. The van der Waals surface area contributed by atoms with Crippen molar-refractivity contribution in [3.63, 3.8) is 0 Å². The van der Waals surface area contributed by atoms with Crippen LogP contribution in [0.5, 0.6) is 0 Å². The minimum atomic E-state index is -1.10. The Labute approximate surface area is 105 Å².